The van der Waals surface area contributed by atoms with E-state index >= 15 is 0 Å². The number of anilines is 1. The second kappa shape index (κ2) is 9.28. The topological polar surface area (TPSA) is 149 Å². The summed E-state index contributed by atoms with van der Waals surface area (Å²) >= 11 is 5.46. The van der Waals surface area contributed by atoms with Crippen molar-refractivity contribution in [3.8, 4) is 6.01 Å². The highest BCUT2D eigenvalue weighted by molar-refractivity contribution is 7.90. The Labute approximate surface area is 165 Å². The normalized spacial score (nSPS) is 10.8. The molecular formula is C15H16ClN5O6S. The highest BCUT2D eigenvalue weighted by Gasteiger charge is 2.25. The standard InChI is InChI=1S/C15H16ClN5O6S/c1-9-17-13(20-15(18-9)26-2)19-14(23)21-28(24,25)11-6-4-3-5-10(11)12(22)27-8-7-16/h3-6H,7-8H2,1-2H3,(H2,17,18,19,20,21,23). The van der Waals surface area contributed by atoms with Crippen LogP contribution in [0.15, 0.2) is 29.2 Å². The average molecular weight is 430 g/mol. The fourth-order valence-electron chi connectivity index (χ4n) is 1.99. The molecule has 0 radical (unpaired) electrons. The molecule has 28 heavy (non-hydrogen) atoms. The minimum atomic E-state index is -4.40. The highest BCUT2D eigenvalue weighted by atomic mass is 35.5. The molecule has 0 saturated carbocycles. The van der Waals surface area contributed by atoms with Crippen LogP contribution in [0.4, 0.5) is 10.7 Å². The number of carbonyl (C=O) groups excluding carboxylic acids is 2. The molecule has 0 aliphatic carbocycles. The predicted octanol–water partition coefficient (Wildman–Crippen LogP) is 1.09. The molecule has 0 atom stereocenters. The van der Waals surface area contributed by atoms with E-state index in [2.05, 4.69) is 20.3 Å². The summed E-state index contributed by atoms with van der Waals surface area (Å²) in [5, 5.41) is 2.16. The number of urea groups is 1. The Bertz CT molecular complexity index is 985. The summed E-state index contributed by atoms with van der Waals surface area (Å²) in [7, 11) is -3.08. The third-order valence-electron chi connectivity index (χ3n) is 3.07. The van der Waals surface area contributed by atoms with E-state index in [1.807, 2.05) is 0 Å². The maximum Gasteiger partial charge on any atom is 0.339 e. The van der Waals surface area contributed by atoms with E-state index < -0.39 is 26.9 Å². The molecule has 0 fully saturated rings. The molecule has 2 aromatic rings. The van der Waals surface area contributed by atoms with Gasteiger partial charge in [-0.15, -0.1) is 11.6 Å². The summed E-state index contributed by atoms with van der Waals surface area (Å²) in [6, 6.07) is 4.06. The Morgan fingerprint density at radius 2 is 1.89 bits per heavy atom. The van der Waals surface area contributed by atoms with Gasteiger partial charge in [0.1, 0.15) is 17.3 Å². The Morgan fingerprint density at radius 1 is 1.18 bits per heavy atom. The van der Waals surface area contributed by atoms with Gasteiger partial charge >= 0.3 is 18.0 Å². The van der Waals surface area contributed by atoms with Gasteiger partial charge in [-0.1, -0.05) is 12.1 Å². The molecule has 150 valence electrons. The molecule has 0 aliphatic rings. The van der Waals surface area contributed by atoms with Crippen LogP contribution in [0.25, 0.3) is 0 Å². The number of amides is 2. The molecule has 11 nitrogen and oxygen atoms in total. The number of aromatic nitrogens is 3. The van der Waals surface area contributed by atoms with Crippen molar-refractivity contribution < 1.29 is 27.5 Å². The number of sulfonamides is 1. The molecular weight excluding hydrogens is 414 g/mol. The van der Waals surface area contributed by atoms with E-state index in [1.165, 1.54) is 32.2 Å². The lowest BCUT2D eigenvalue weighted by atomic mass is 10.2. The molecule has 0 saturated heterocycles. The quantitative estimate of drug-likeness (QED) is 0.487. The van der Waals surface area contributed by atoms with Crippen molar-refractivity contribution >= 4 is 39.6 Å². The van der Waals surface area contributed by atoms with Gasteiger partial charge in [-0.05, 0) is 19.1 Å². The number of benzene rings is 1. The summed E-state index contributed by atoms with van der Waals surface area (Å²) in [4.78, 5) is 35.2. The first-order valence-corrected chi connectivity index (χ1v) is 9.71. The van der Waals surface area contributed by atoms with Gasteiger partial charge in [0.05, 0.1) is 18.6 Å². The third kappa shape index (κ3) is 5.50. The lowest BCUT2D eigenvalue weighted by Gasteiger charge is -2.11. The van der Waals surface area contributed by atoms with E-state index in [1.54, 1.807) is 4.72 Å². The number of esters is 1. The minimum absolute atomic E-state index is 0.0517. The number of methoxy groups -OCH3 is 1. The van der Waals surface area contributed by atoms with E-state index in [-0.39, 0.29) is 35.8 Å². The zero-order valence-electron chi connectivity index (χ0n) is 14.8. The number of rotatable bonds is 7. The van der Waals surface area contributed by atoms with Gasteiger partial charge < -0.3 is 9.47 Å². The van der Waals surface area contributed by atoms with Gasteiger partial charge in [0.2, 0.25) is 5.95 Å². The molecule has 2 N–H and O–H groups in total. The summed E-state index contributed by atoms with van der Waals surface area (Å²) in [5.41, 5.74) is -0.245. The van der Waals surface area contributed by atoms with Crippen LogP contribution in [-0.4, -0.2) is 55.0 Å². The first-order chi connectivity index (χ1) is 13.3. The minimum Gasteiger partial charge on any atom is -0.467 e. The summed E-state index contributed by atoms with van der Waals surface area (Å²) in [6.07, 6.45) is 0. The Morgan fingerprint density at radius 3 is 2.57 bits per heavy atom. The molecule has 0 aliphatic heterocycles. The predicted molar refractivity (Wildman–Crippen MR) is 97.9 cm³/mol. The van der Waals surface area contributed by atoms with Crippen molar-refractivity contribution in [1.29, 1.82) is 0 Å². The SMILES string of the molecule is COc1nc(C)nc(NC(=O)NS(=O)(=O)c2ccccc2C(=O)OCCCl)n1. The lowest BCUT2D eigenvalue weighted by molar-refractivity contribution is 0.0524. The highest BCUT2D eigenvalue weighted by Crippen LogP contribution is 2.17. The largest absolute Gasteiger partial charge is 0.467 e. The molecule has 2 rings (SSSR count). The number of nitrogens with one attached hydrogen (secondary N) is 2. The summed E-state index contributed by atoms with van der Waals surface area (Å²) < 4.78 is 36.5. The summed E-state index contributed by atoms with van der Waals surface area (Å²) in [6.45, 7) is 1.44. The number of halogens is 1. The zero-order chi connectivity index (χ0) is 20.7. The summed E-state index contributed by atoms with van der Waals surface area (Å²) in [5.74, 6) is -0.806. The first-order valence-electron chi connectivity index (χ1n) is 7.69. The smallest absolute Gasteiger partial charge is 0.339 e. The van der Waals surface area contributed by atoms with Gasteiger partial charge in [0.15, 0.2) is 0 Å². The maximum atomic E-state index is 12.5. The van der Waals surface area contributed by atoms with Crippen molar-refractivity contribution in [3.63, 3.8) is 0 Å². The van der Waals surface area contributed by atoms with Gasteiger partial charge in [0, 0.05) is 0 Å². The number of ether oxygens (including phenoxy) is 2. The van der Waals surface area contributed by atoms with Gasteiger partial charge in [-0.2, -0.15) is 15.0 Å². The molecule has 0 unspecified atom stereocenters. The van der Waals surface area contributed by atoms with E-state index in [0.29, 0.717) is 0 Å². The molecule has 2 amide bonds. The molecule has 1 heterocycles. The fraction of sp³-hybridized carbons (Fsp3) is 0.267. The van der Waals surface area contributed by atoms with Crippen molar-refractivity contribution in [3.05, 3.63) is 35.7 Å². The van der Waals surface area contributed by atoms with Crippen LogP contribution < -0.4 is 14.8 Å². The fourth-order valence-corrected chi connectivity index (χ4v) is 3.17. The van der Waals surface area contributed by atoms with Crippen molar-refractivity contribution in [2.24, 2.45) is 0 Å². The molecule has 0 bridgehead atoms. The van der Waals surface area contributed by atoms with Gasteiger partial charge in [-0.3, -0.25) is 5.32 Å². The van der Waals surface area contributed by atoms with Crippen LogP contribution in [0.3, 0.4) is 0 Å². The Balaban J connectivity index is 2.21. The molecule has 1 aromatic carbocycles. The zero-order valence-corrected chi connectivity index (χ0v) is 16.4. The Hall–Kier alpha value is -2.99. The van der Waals surface area contributed by atoms with Gasteiger partial charge in [0.25, 0.3) is 10.0 Å². The van der Waals surface area contributed by atoms with E-state index in [9.17, 15) is 18.0 Å². The van der Waals surface area contributed by atoms with Crippen LogP contribution in [0.2, 0.25) is 0 Å². The molecule has 0 spiro atoms. The number of nitrogens with zero attached hydrogens (tertiary/aromatic N) is 3. The Kier molecular flexibility index (Phi) is 7.06. The van der Waals surface area contributed by atoms with Crippen molar-refractivity contribution in [2.75, 3.05) is 24.9 Å². The number of aryl methyl sites for hydroxylation is 1. The lowest BCUT2D eigenvalue weighted by Crippen LogP contribution is -2.35. The number of hydrogen-bond acceptors (Lipinski definition) is 9. The van der Waals surface area contributed by atoms with Crippen LogP contribution >= 0.6 is 11.6 Å². The number of carbonyl (C=O) groups is 2. The van der Waals surface area contributed by atoms with E-state index in [4.69, 9.17) is 21.1 Å². The van der Waals surface area contributed by atoms with Crippen LogP contribution in [0.1, 0.15) is 16.2 Å². The van der Waals surface area contributed by atoms with E-state index in [0.717, 1.165) is 6.07 Å². The number of hydrogen-bond donors (Lipinski definition) is 2. The molecule has 1 aromatic heterocycles. The van der Waals surface area contributed by atoms with Crippen LogP contribution in [0, 0.1) is 6.92 Å². The average Bonchev–Trinajstić information content (AvgIpc) is 2.65. The number of alkyl halides is 1. The monoisotopic (exact) mass is 429 g/mol. The van der Waals surface area contributed by atoms with Crippen LogP contribution in [0.5, 0.6) is 6.01 Å². The van der Waals surface area contributed by atoms with Crippen molar-refractivity contribution in [2.45, 2.75) is 11.8 Å². The second-order valence-electron chi connectivity index (χ2n) is 5.07. The molecule has 13 heteroatoms. The van der Waals surface area contributed by atoms with Crippen molar-refractivity contribution in [1.82, 2.24) is 19.7 Å². The third-order valence-corrected chi connectivity index (χ3v) is 4.61. The maximum absolute atomic E-state index is 12.5. The first kappa shape index (κ1) is 21.3. The second-order valence-corrected chi connectivity index (χ2v) is 7.10. The van der Waals surface area contributed by atoms with Crippen LogP contribution in [-0.2, 0) is 14.8 Å². The van der Waals surface area contributed by atoms with Gasteiger partial charge in [-0.25, -0.2) is 22.7 Å².